The number of rotatable bonds is 6. The molecule has 2 rings (SSSR count). The van der Waals surface area contributed by atoms with Crippen molar-refractivity contribution in [3.8, 4) is 11.5 Å². The van der Waals surface area contributed by atoms with Crippen molar-refractivity contribution in [2.75, 3.05) is 26.2 Å². The minimum Gasteiger partial charge on any atom is -0.492 e. The molecule has 0 atom stereocenters. The van der Waals surface area contributed by atoms with E-state index < -0.39 is 0 Å². The molecule has 0 radical (unpaired) electrons. The van der Waals surface area contributed by atoms with Gasteiger partial charge in [-0.25, -0.2) is 4.99 Å². The largest absolute Gasteiger partial charge is 0.492 e. The predicted molar refractivity (Wildman–Crippen MR) is 93.9 cm³/mol. The second-order valence-corrected chi connectivity index (χ2v) is 5.63. The zero-order valence-corrected chi connectivity index (χ0v) is 13.9. The van der Waals surface area contributed by atoms with Crippen LogP contribution in [0.3, 0.4) is 0 Å². The predicted octanol–water partition coefficient (Wildman–Crippen LogP) is 3.17. The van der Waals surface area contributed by atoms with Crippen molar-refractivity contribution < 1.29 is 9.47 Å². The molecule has 23 heavy (non-hydrogen) atoms. The number of allylic oxidation sites excluding steroid dienone is 1. The average Bonchev–Trinajstić information content (AvgIpc) is 2.83. The van der Waals surface area contributed by atoms with Crippen LogP contribution < -0.4 is 15.2 Å². The molecule has 1 fully saturated rings. The second-order valence-electron chi connectivity index (χ2n) is 5.63. The van der Waals surface area contributed by atoms with Gasteiger partial charge >= 0.3 is 0 Å². The van der Waals surface area contributed by atoms with Crippen LogP contribution in [0.4, 0.5) is 0 Å². The van der Waals surface area contributed by atoms with Crippen LogP contribution in [0.1, 0.15) is 32.6 Å². The Hall–Kier alpha value is -2.01. The third kappa shape index (κ3) is 6.74. The Balaban J connectivity index is 1.74. The number of aliphatic imine (C=N–C) groups is 1. The van der Waals surface area contributed by atoms with Crippen LogP contribution in [-0.2, 0) is 0 Å². The lowest BCUT2D eigenvalue weighted by Gasteiger charge is -2.19. The fourth-order valence-corrected chi connectivity index (χ4v) is 2.55. The van der Waals surface area contributed by atoms with Crippen LogP contribution in [0.15, 0.2) is 41.5 Å². The number of nitrogens with two attached hydrogens (primary N) is 1. The molecule has 0 aliphatic carbocycles. The van der Waals surface area contributed by atoms with Gasteiger partial charge in [-0.1, -0.05) is 18.9 Å². The summed E-state index contributed by atoms with van der Waals surface area (Å²) in [7, 11) is 0. The highest BCUT2D eigenvalue weighted by Gasteiger charge is 2.08. The topological polar surface area (TPSA) is 60.1 Å². The molecule has 5 heteroatoms. The van der Waals surface area contributed by atoms with E-state index >= 15 is 0 Å². The van der Waals surface area contributed by atoms with Crippen LogP contribution in [0, 0.1) is 0 Å². The van der Waals surface area contributed by atoms with Crippen molar-refractivity contribution in [1.82, 2.24) is 4.90 Å². The summed E-state index contributed by atoms with van der Waals surface area (Å²) in [6.07, 6.45) is 8.72. The first-order chi connectivity index (χ1) is 11.3. The summed E-state index contributed by atoms with van der Waals surface area (Å²) in [5.74, 6) is 1.49. The smallest absolute Gasteiger partial charge is 0.292 e. The first-order valence-electron chi connectivity index (χ1n) is 8.35. The summed E-state index contributed by atoms with van der Waals surface area (Å²) in [5.41, 5.74) is 5.65. The number of likely N-dealkylation sites (tertiary alicyclic amines) is 1. The van der Waals surface area contributed by atoms with Gasteiger partial charge in [0.05, 0.1) is 0 Å². The number of benzene rings is 1. The minimum absolute atomic E-state index is 0.123. The lowest BCUT2D eigenvalue weighted by Crippen LogP contribution is -2.29. The van der Waals surface area contributed by atoms with E-state index in [4.69, 9.17) is 15.2 Å². The monoisotopic (exact) mass is 317 g/mol. The van der Waals surface area contributed by atoms with E-state index in [0.29, 0.717) is 12.4 Å². The Morgan fingerprint density at radius 3 is 2.43 bits per heavy atom. The normalized spacial score (nSPS) is 17.2. The Morgan fingerprint density at radius 1 is 1.13 bits per heavy atom. The van der Waals surface area contributed by atoms with Crippen molar-refractivity contribution in [3.05, 3.63) is 36.5 Å². The SMILES string of the molecule is C/C=C/N=C(N)Oc1ccc(OCCN2CCCCCC2)cc1. The van der Waals surface area contributed by atoms with Gasteiger partial charge in [0.2, 0.25) is 0 Å². The summed E-state index contributed by atoms with van der Waals surface area (Å²) < 4.78 is 11.2. The van der Waals surface area contributed by atoms with Crippen LogP contribution in [0.2, 0.25) is 0 Å². The fraction of sp³-hybridized carbons (Fsp3) is 0.500. The van der Waals surface area contributed by atoms with Gasteiger partial charge in [0.1, 0.15) is 18.1 Å². The summed E-state index contributed by atoms with van der Waals surface area (Å²) in [6, 6.07) is 7.57. The molecule has 5 nitrogen and oxygen atoms in total. The quantitative estimate of drug-likeness (QED) is 0.647. The molecule has 0 unspecified atom stereocenters. The van der Waals surface area contributed by atoms with E-state index in [9.17, 15) is 0 Å². The molecular weight excluding hydrogens is 290 g/mol. The molecule has 1 aromatic rings. The molecule has 0 spiro atoms. The van der Waals surface area contributed by atoms with E-state index in [1.54, 1.807) is 12.3 Å². The molecule has 1 aliphatic rings. The van der Waals surface area contributed by atoms with E-state index in [2.05, 4.69) is 9.89 Å². The zero-order chi connectivity index (χ0) is 16.3. The molecule has 1 aromatic carbocycles. The second kappa shape index (κ2) is 9.90. The molecule has 0 bridgehead atoms. The Morgan fingerprint density at radius 2 is 1.78 bits per heavy atom. The molecule has 0 aromatic heterocycles. The molecular formula is C18H27N3O2. The van der Waals surface area contributed by atoms with E-state index in [1.165, 1.54) is 38.8 Å². The van der Waals surface area contributed by atoms with Crippen molar-refractivity contribution >= 4 is 6.02 Å². The zero-order valence-electron chi connectivity index (χ0n) is 13.9. The molecule has 2 N–H and O–H groups in total. The van der Waals surface area contributed by atoms with Gasteiger partial charge in [0, 0.05) is 12.7 Å². The maximum Gasteiger partial charge on any atom is 0.292 e. The maximum atomic E-state index is 5.80. The molecule has 1 heterocycles. The molecule has 1 aliphatic heterocycles. The average molecular weight is 317 g/mol. The van der Waals surface area contributed by atoms with Crippen molar-refractivity contribution in [2.24, 2.45) is 10.7 Å². The summed E-state index contributed by atoms with van der Waals surface area (Å²) in [6.45, 7) is 5.96. The first kappa shape index (κ1) is 17.3. The van der Waals surface area contributed by atoms with Crippen LogP contribution in [-0.4, -0.2) is 37.2 Å². The maximum absolute atomic E-state index is 5.80. The highest BCUT2D eigenvalue weighted by atomic mass is 16.5. The number of ether oxygens (including phenoxy) is 2. The third-order valence-corrected chi connectivity index (χ3v) is 3.77. The van der Waals surface area contributed by atoms with Crippen LogP contribution in [0.5, 0.6) is 11.5 Å². The van der Waals surface area contributed by atoms with Crippen molar-refractivity contribution in [2.45, 2.75) is 32.6 Å². The van der Waals surface area contributed by atoms with Crippen molar-refractivity contribution in [1.29, 1.82) is 0 Å². The van der Waals surface area contributed by atoms with E-state index in [1.807, 2.05) is 31.2 Å². The van der Waals surface area contributed by atoms with Crippen LogP contribution >= 0.6 is 0 Å². The molecule has 0 saturated carbocycles. The van der Waals surface area contributed by atoms with Gasteiger partial charge in [-0.15, -0.1) is 0 Å². The number of amidine groups is 1. The highest BCUT2D eigenvalue weighted by molar-refractivity contribution is 5.74. The Bertz CT molecular complexity index is 504. The van der Waals surface area contributed by atoms with Gasteiger partial charge in [0.15, 0.2) is 0 Å². The molecule has 1 saturated heterocycles. The molecule has 0 amide bonds. The van der Waals surface area contributed by atoms with E-state index in [-0.39, 0.29) is 6.02 Å². The van der Waals surface area contributed by atoms with Crippen LogP contribution in [0.25, 0.3) is 0 Å². The Kier molecular flexibility index (Phi) is 7.46. The van der Waals surface area contributed by atoms with Crippen molar-refractivity contribution in [3.63, 3.8) is 0 Å². The summed E-state index contributed by atoms with van der Waals surface area (Å²) in [5, 5.41) is 0. The highest BCUT2D eigenvalue weighted by Crippen LogP contribution is 2.17. The van der Waals surface area contributed by atoms with Gasteiger partial charge in [-0.05, 0) is 57.1 Å². The van der Waals surface area contributed by atoms with Gasteiger partial charge < -0.3 is 15.2 Å². The third-order valence-electron chi connectivity index (χ3n) is 3.77. The fourth-order valence-electron chi connectivity index (χ4n) is 2.55. The summed E-state index contributed by atoms with van der Waals surface area (Å²) >= 11 is 0. The minimum atomic E-state index is 0.123. The summed E-state index contributed by atoms with van der Waals surface area (Å²) in [4.78, 5) is 6.41. The lowest BCUT2D eigenvalue weighted by atomic mass is 10.2. The Labute approximate surface area is 138 Å². The van der Waals surface area contributed by atoms with E-state index in [0.717, 1.165) is 12.3 Å². The number of hydrogen-bond donors (Lipinski definition) is 1. The number of hydrogen-bond acceptors (Lipinski definition) is 4. The van der Waals surface area contributed by atoms with Gasteiger partial charge in [0.25, 0.3) is 6.02 Å². The van der Waals surface area contributed by atoms with Gasteiger partial charge in [-0.3, -0.25) is 4.90 Å². The standard InChI is InChI=1S/C18H27N3O2/c1-2-11-20-18(19)23-17-9-7-16(8-10-17)22-15-14-21-12-5-3-4-6-13-21/h2,7-11H,3-6,12-15H2,1H3,(H2,19,20)/b11-2+. The lowest BCUT2D eigenvalue weighted by molar-refractivity contribution is 0.214. The first-order valence-corrected chi connectivity index (χ1v) is 8.35. The van der Waals surface area contributed by atoms with Gasteiger partial charge in [-0.2, -0.15) is 0 Å². The molecule has 126 valence electrons. The number of nitrogens with zero attached hydrogens (tertiary/aromatic N) is 2.